The predicted octanol–water partition coefficient (Wildman–Crippen LogP) is 2.26. The second kappa shape index (κ2) is 7.89. The first-order valence-electron chi connectivity index (χ1n) is 3.97. The van der Waals surface area contributed by atoms with Crippen molar-refractivity contribution in [2.75, 3.05) is 18.5 Å². The van der Waals surface area contributed by atoms with Crippen LogP contribution >= 0.6 is 15.9 Å². The van der Waals surface area contributed by atoms with Crippen molar-refractivity contribution in [2.24, 2.45) is 11.0 Å². The molecular weight excluding hydrogens is 238 g/mol. The summed E-state index contributed by atoms with van der Waals surface area (Å²) in [6, 6.07) is 0. The molecule has 0 N–H and O–H groups in total. The molecule has 0 unspecified atom stereocenters. The Balaban J connectivity index is 3.82. The van der Waals surface area contributed by atoms with E-state index in [1.807, 2.05) is 0 Å². The van der Waals surface area contributed by atoms with Crippen molar-refractivity contribution in [3.05, 3.63) is 10.4 Å². The van der Waals surface area contributed by atoms with Crippen molar-refractivity contribution < 1.29 is 9.53 Å². The number of carbonyl (C=O) groups excluding carboxylic acids is 1. The van der Waals surface area contributed by atoms with Crippen LogP contribution in [0.4, 0.5) is 0 Å². The smallest absolute Gasteiger partial charge is 0.306 e. The van der Waals surface area contributed by atoms with Crippen molar-refractivity contribution >= 4 is 21.9 Å². The minimum absolute atomic E-state index is 0.0231. The van der Waals surface area contributed by atoms with Crippen molar-refractivity contribution in [3.8, 4) is 0 Å². The third kappa shape index (κ3) is 6.42. The van der Waals surface area contributed by atoms with Crippen LogP contribution in [0.25, 0.3) is 10.4 Å². The van der Waals surface area contributed by atoms with E-state index in [0.717, 1.165) is 0 Å². The van der Waals surface area contributed by atoms with Gasteiger partial charge in [-0.05, 0) is 18.4 Å². The van der Waals surface area contributed by atoms with Crippen LogP contribution in [-0.2, 0) is 9.53 Å². The molecule has 0 aromatic rings. The van der Waals surface area contributed by atoms with Crippen LogP contribution in [0.15, 0.2) is 5.11 Å². The molecule has 6 heteroatoms. The van der Waals surface area contributed by atoms with Gasteiger partial charge in [0.2, 0.25) is 0 Å². The first kappa shape index (κ1) is 12.3. The largest absolute Gasteiger partial charge is 0.466 e. The highest BCUT2D eigenvalue weighted by atomic mass is 79.9. The van der Waals surface area contributed by atoms with Gasteiger partial charge >= 0.3 is 5.97 Å². The molecule has 13 heavy (non-hydrogen) atoms. The molecule has 0 rings (SSSR count). The van der Waals surface area contributed by atoms with Gasteiger partial charge in [-0.2, -0.15) is 0 Å². The number of esters is 1. The van der Waals surface area contributed by atoms with Crippen LogP contribution in [0.5, 0.6) is 0 Å². The maximum atomic E-state index is 11.0. The minimum Gasteiger partial charge on any atom is -0.466 e. The predicted molar refractivity (Wildman–Crippen MR) is 52.5 cm³/mol. The molecule has 74 valence electrons. The van der Waals surface area contributed by atoms with E-state index in [1.54, 1.807) is 6.92 Å². The van der Waals surface area contributed by atoms with Gasteiger partial charge in [-0.3, -0.25) is 4.79 Å². The number of azide groups is 1. The number of rotatable bonds is 6. The van der Waals surface area contributed by atoms with E-state index < -0.39 is 0 Å². The van der Waals surface area contributed by atoms with E-state index in [1.165, 1.54) is 0 Å². The SMILES string of the molecule is CCOC(=O)C[C@@H](CBr)CN=[N+]=[N-]. The molecule has 0 radical (unpaired) electrons. The highest BCUT2D eigenvalue weighted by Gasteiger charge is 2.12. The first-order chi connectivity index (χ1) is 6.24. The van der Waals surface area contributed by atoms with E-state index in [2.05, 4.69) is 26.0 Å². The zero-order valence-electron chi connectivity index (χ0n) is 7.44. The summed E-state index contributed by atoms with van der Waals surface area (Å²) < 4.78 is 4.76. The summed E-state index contributed by atoms with van der Waals surface area (Å²) in [4.78, 5) is 13.6. The van der Waals surface area contributed by atoms with E-state index in [0.29, 0.717) is 18.5 Å². The molecule has 0 heterocycles. The lowest BCUT2D eigenvalue weighted by molar-refractivity contribution is -0.143. The van der Waals surface area contributed by atoms with Gasteiger partial charge in [-0.1, -0.05) is 21.0 Å². The molecule has 0 aliphatic rings. The van der Waals surface area contributed by atoms with Gasteiger partial charge in [0.15, 0.2) is 0 Å². The minimum atomic E-state index is -0.250. The molecule has 0 amide bonds. The monoisotopic (exact) mass is 249 g/mol. The second-order valence-corrected chi connectivity index (χ2v) is 3.09. The molecule has 0 spiro atoms. The van der Waals surface area contributed by atoms with Crippen molar-refractivity contribution in [1.29, 1.82) is 0 Å². The molecule has 1 atom stereocenters. The summed E-state index contributed by atoms with van der Waals surface area (Å²) in [5.74, 6) is -0.227. The number of nitrogens with zero attached hydrogens (tertiary/aromatic N) is 3. The summed E-state index contributed by atoms with van der Waals surface area (Å²) in [7, 11) is 0. The summed E-state index contributed by atoms with van der Waals surface area (Å²) in [6.07, 6.45) is 0.290. The van der Waals surface area contributed by atoms with Gasteiger partial charge in [-0.15, -0.1) is 0 Å². The van der Waals surface area contributed by atoms with Crippen LogP contribution in [0, 0.1) is 5.92 Å². The van der Waals surface area contributed by atoms with Crippen LogP contribution in [-0.4, -0.2) is 24.5 Å². The number of alkyl halides is 1. The zero-order chi connectivity index (χ0) is 10.1. The number of hydrogen-bond acceptors (Lipinski definition) is 3. The molecule has 0 fully saturated rings. The standard InChI is InChI=1S/C7H12BrN3O2/c1-2-13-7(12)3-6(4-8)5-10-11-9/h6H,2-5H2,1H3/t6-/m0/s1. The Morgan fingerprint density at radius 2 is 2.46 bits per heavy atom. The molecule has 0 bridgehead atoms. The van der Waals surface area contributed by atoms with Gasteiger partial charge in [0.1, 0.15) is 0 Å². The maximum absolute atomic E-state index is 11.0. The molecular formula is C7H12BrN3O2. The van der Waals surface area contributed by atoms with E-state index in [4.69, 9.17) is 10.3 Å². The molecule has 0 aromatic heterocycles. The van der Waals surface area contributed by atoms with Crippen LogP contribution in [0.3, 0.4) is 0 Å². The summed E-state index contributed by atoms with van der Waals surface area (Å²) in [6.45, 7) is 2.46. The molecule has 0 saturated carbocycles. The summed E-state index contributed by atoms with van der Waals surface area (Å²) >= 11 is 3.23. The van der Waals surface area contributed by atoms with Crippen LogP contribution < -0.4 is 0 Å². The molecule has 0 aliphatic heterocycles. The van der Waals surface area contributed by atoms with E-state index in [-0.39, 0.29) is 18.3 Å². The Morgan fingerprint density at radius 1 is 1.77 bits per heavy atom. The van der Waals surface area contributed by atoms with Gasteiger partial charge < -0.3 is 4.74 Å². The Morgan fingerprint density at radius 3 is 2.92 bits per heavy atom. The Kier molecular flexibility index (Phi) is 7.44. The fraction of sp³-hybridized carbons (Fsp3) is 0.857. The van der Waals surface area contributed by atoms with Crippen LogP contribution in [0.1, 0.15) is 13.3 Å². The van der Waals surface area contributed by atoms with Gasteiger partial charge in [0.05, 0.1) is 6.61 Å². The lowest BCUT2D eigenvalue weighted by Crippen LogP contribution is -2.14. The molecule has 0 saturated heterocycles. The molecule has 0 aliphatic carbocycles. The highest BCUT2D eigenvalue weighted by Crippen LogP contribution is 2.08. The average molecular weight is 250 g/mol. The quantitative estimate of drug-likeness (QED) is 0.238. The van der Waals surface area contributed by atoms with Crippen LogP contribution in [0.2, 0.25) is 0 Å². The number of carbonyl (C=O) groups is 1. The van der Waals surface area contributed by atoms with Crippen molar-refractivity contribution in [1.82, 2.24) is 0 Å². The fourth-order valence-corrected chi connectivity index (χ4v) is 1.21. The lowest BCUT2D eigenvalue weighted by atomic mass is 10.1. The Bertz CT molecular complexity index is 204. The Hall–Kier alpha value is -0.740. The van der Waals surface area contributed by atoms with E-state index >= 15 is 0 Å². The molecule has 0 aromatic carbocycles. The normalized spacial score (nSPS) is 11.5. The highest BCUT2D eigenvalue weighted by molar-refractivity contribution is 9.09. The summed E-state index contributed by atoms with van der Waals surface area (Å²) in [5.41, 5.74) is 8.08. The second-order valence-electron chi connectivity index (χ2n) is 2.44. The first-order valence-corrected chi connectivity index (χ1v) is 5.09. The van der Waals surface area contributed by atoms with E-state index in [9.17, 15) is 4.79 Å². The topological polar surface area (TPSA) is 75.1 Å². The van der Waals surface area contributed by atoms with Gasteiger partial charge in [-0.25, -0.2) is 0 Å². The number of halogens is 1. The van der Waals surface area contributed by atoms with Gasteiger partial charge in [0, 0.05) is 23.2 Å². The third-order valence-electron chi connectivity index (χ3n) is 1.38. The summed E-state index contributed by atoms with van der Waals surface area (Å²) in [5, 5.41) is 4.03. The fourth-order valence-electron chi connectivity index (χ4n) is 0.775. The number of ether oxygens (including phenoxy) is 1. The third-order valence-corrected chi connectivity index (χ3v) is 2.30. The molecule has 5 nitrogen and oxygen atoms in total. The lowest BCUT2D eigenvalue weighted by Gasteiger charge is -2.09. The van der Waals surface area contributed by atoms with Crippen molar-refractivity contribution in [2.45, 2.75) is 13.3 Å². The zero-order valence-corrected chi connectivity index (χ0v) is 9.03. The Labute approximate surface area is 85.2 Å². The van der Waals surface area contributed by atoms with Crippen molar-refractivity contribution in [3.63, 3.8) is 0 Å². The van der Waals surface area contributed by atoms with Gasteiger partial charge in [0.25, 0.3) is 0 Å². The average Bonchev–Trinajstić information content (AvgIpc) is 2.12. The number of hydrogen-bond donors (Lipinski definition) is 0. The maximum Gasteiger partial charge on any atom is 0.306 e.